The molecule has 0 aromatic heterocycles. The first-order chi connectivity index (χ1) is 16.8. The number of aliphatic hydroxyl groups is 1. The summed E-state index contributed by atoms with van der Waals surface area (Å²) in [4.78, 5) is 11.3. The summed E-state index contributed by atoms with van der Waals surface area (Å²) in [6.45, 7) is 3.62. The highest BCUT2D eigenvalue weighted by atomic mass is 16.5. The first kappa shape index (κ1) is 26.3. The first-order valence-electron chi connectivity index (χ1n) is 12.1. The molecule has 2 unspecified atom stereocenters. The van der Waals surface area contributed by atoms with Gasteiger partial charge < -0.3 is 19.7 Å². The van der Waals surface area contributed by atoms with Gasteiger partial charge in [0, 0.05) is 5.56 Å². The van der Waals surface area contributed by atoms with Gasteiger partial charge >= 0.3 is 5.97 Å². The van der Waals surface area contributed by atoms with Crippen LogP contribution < -0.4 is 9.47 Å². The maximum atomic E-state index is 11.5. The molecular formula is C30H36O5. The molecule has 5 heteroatoms. The van der Waals surface area contributed by atoms with Gasteiger partial charge in [0.2, 0.25) is 0 Å². The van der Waals surface area contributed by atoms with E-state index in [1.165, 1.54) is 5.56 Å². The number of carbonyl (C=O) groups is 1. The van der Waals surface area contributed by atoms with Gasteiger partial charge in [0.15, 0.2) is 0 Å². The van der Waals surface area contributed by atoms with Gasteiger partial charge in [0.05, 0.1) is 26.2 Å². The molecule has 0 aliphatic heterocycles. The van der Waals surface area contributed by atoms with Crippen LogP contribution >= 0.6 is 0 Å². The topological polar surface area (TPSA) is 76.0 Å². The number of methoxy groups -OCH3 is 2. The number of hydrogen-bond acceptors (Lipinski definition) is 4. The molecule has 0 amide bonds. The van der Waals surface area contributed by atoms with Crippen LogP contribution in [0.4, 0.5) is 0 Å². The van der Waals surface area contributed by atoms with Gasteiger partial charge in [-0.25, -0.2) is 0 Å². The number of aryl methyl sites for hydroxylation is 1. The zero-order valence-corrected chi connectivity index (χ0v) is 21.0. The molecule has 3 aromatic rings. The highest BCUT2D eigenvalue weighted by Crippen LogP contribution is 2.37. The Bertz CT molecular complexity index is 1070. The van der Waals surface area contributed by atoms with Gasteiger partial charge in [-0.15, -0.1) is 0 Å². The Kier molecular flexibility index (Phi) is 9.32. The Hall–Kier alpha value is -3.31. The van der Waals surface area contributed by atoms with Crippen molar-refractivity contribution in [3.8, 4) is 11.5 Å². The van der Waals surface area contributed by atoms with E-state index >= 15 is 0 Å². The zero-order chi connectivity index (χ0) is 25.4. The van der Waals surface area contributed by atoms with Crippen LogP contribution in [0, 0.1) is 12.8 Å². The van der Waals surface area contributed by atoms with E-state index in [-0.39, 0.29) is 5.92 Å². The second kappa shape index (κ2) is 12.4. The quantitative estimate of drug-likeness (QED) is 0.330. The second-order valence-electron chi connectivity index (χ2n) is 9.14. The van der Waals surface area contributed by atoms with Crippen LogP contribution in [0.1, 0.15) is 59.6 Å². The largest absolute Gasteiger partial charge is 0.496 e. The molecule has 186 valence electrons. The molecule has 0 heterocycles. The predicted octanol–water partition coefficient (Wildman–Crippen LogP) is 6.12. The lowest BCUT2D eigenvalue weighted by atomic mass is 9.84. The standard InChI is InChI=1S/C30H36O5/c1-20(30(32)33)24-15-13-23(14-16-24)17-25(12-8-11-22-9-6-5-7-10-22)29(31)26-18-27(34-3)21(2)28(19-26)35-4/h5-7,9-10,13-16,18-20,25,29,31H,8,11-12,17H2,1-4H3,(H,32,33)/t20?,25-,29?/m0/s1. The molecule has 5 nitrogen and oxygen atoms in total. The van der Waals surface area contributed by atoms with Crippen molar-refractivity contribution in [3.63, 3.8) is 0 Å². The van der Waals surface area contributed by atoms with E-state index in [0.717, 1.165) is 41.5 Å². The maximum absolute atomic E-state index is 11.5. The lowest BCUT2D eigenvalue weighted by molar-refractivity contribution is -0.138. The van der Waals surface area contributed by atoms with E-state index in [9.17, 15) is 15.0 Å². The third kappa shape index (κ3) is 6.86. The van der Waals surface area contributed by atoms with Crippen LogP contribution in [0.5, 0.6) is 11.5 Å². The van der Waals surface area contributed by atoms with Crippen LogP contribution in [0.15, 0.2) is 66.7 Å². The fourth-order valence-electron chi connectivity index (χ4n) is 4.52. The first-order valence-corrected chi connectivity index (χ1v) is 12.1. The molecule has 0 aliphatic rings. The van der Waals surface area contributed by atoms with Crippen LogP contribution in [0.3, 0.4) is 0 Å². The van der Waals surface area contributed by atoms with Crippen molar-refractivity contribution in [2.75, 3.05) is 14.2 Å². The lowest BCUT2D eigenvalue weighted by Crippen LogP contribution is -2.17. The van der Waals surface area contributed by atoms with Crippen molar-refractivity contribution in [1.29, 1.82) is 0 Å². The molecule has 0 radical (unpaired) electrons. The number of benzene rings is 3. The monoisotopic (exact) mass is 476 g/mol. The van der Waals surface area contributed by atoms with Gasteiger partial charge in [-0.2, -0.15) is 0 Å². The van der Waals surface area contributed by atoms with Crippen LogP contribution in [0.2, 0.25) is 0 Å². The summed E-state index contributed by atoms with van der Waals surface area (Å²) >= 11 is 0. The summed E-state index contributed by atoms with van der Waals surface area (Å²) in [6.07, 6.45) is 2.70. The highest BCUT2D eigenvalue weighted by molar-refractivity contribution is 5.75. The highest BCUT2D eigenvalue weighted by Gasteiger charge is 2.24. The third-order valence-corrected chi connectivity index (χ3v) is 6.79. The summed E-state index contributed by atoms with van der Waals surface area (Å²) < 4.78 is 11.1. The minimum absolute atomic E-state index is 0.0291. The molecule has 0 aliphatic carbocycles. The number of hydrogen-bond donors (Lipinski definition) is 2. The van der Waals surface area contributed by atoms with Gasteiger partial charge in [-0.1, -0.05) is 54.6 Å². The van der Waals surface area contributed by atoms with E-state index in [4.69, 9.17) is 9.47 Å². The summed E-state index contributed by atoms with van der Waals surface area (Å²) in [7, 11) is 3.24. The number of ether oxygens (including phenoxy) is 2. The number of aliphatic hydroxyl groups excluding tert-OH is 1. The van der Waals surface area contributed by atoms with Gasteiger partial charge in [0.1, 0.15) is 11.5 Å². The molecule has 3 rings (SSSR count). The summed E-state index contributed by atoms with van der Waals surface area (Å²) in [5.41, 5.74) is 4.79. The minimum atomic E-state index is -0.839. The number of carboxylic acid groups (broad SMARTS) is 1. The maximum Gasteiger partial charge on any atom is 0.310 e. The van der Waals surface area contributed by atoms with Crippen LogP contribution in [-0.2, 0) is 17.6 Å². The SMILES string of the molecule is COc1cc(C(O)[C@@H](CCCc2ccccc2)Cc2ccc(C(C)C(=O)O)cc2)cc(OC)c1C. The Morgan fingerprint density at radius 1 is 0.886 bits per heavy atom. The van der Waals surface area contributed by atoms with Gasteiger partial charge in [0.25, 0.3) is 0 Å². The lowest BCUT2D eigenvalue weighted by Gasteiger charge is -2.25. The molecule has 0 bridgehead atoms. The minimum Gasteiger partial charge on any atom is -0.496 e. The van der Waals surface area contributed by atoms with Crippen molar-refractivity contribution in [2.24, 2.45) is 5.92 Å². The van der Waals surface area contributed by atoms with E-state index in [1.54, 1.807) is 21.1 Å². The number of aliphatic carboxylic acids is 1. The van der Waals surface area contributed by atoms with Crippen molar-refractivity contribution in [2.45, 2.75) is 51.6 Å². The Morgan fingerprint density at radius 3 is 2.03 bits per heavy atom. The van der Waals surface area contributed by atoms with E-state index in [1.807, 2.05) is 61.5 Å². The smallest absolute Gasteiger partial charge is 0.310 e. The molecule has 0 saturated heterocycles. The Balaban J connectivity index is 1.83. The van der Waals surface area contributed by atoms with Crippen molar-refractivity contribution in [3.05, 3.63) is 94.5 Å². The molecule has 0 fully saturated rings. The molecule has 3 atom stereocenters. The van der Waals surface area contributed by atoms with E-state index in [0.29, 0.717) is 17.9 Å². The fourth-order valence-corrected chi connectivity index (χ4v) is 4.52. The van der Waals surface area contributed by atoms with Crippen molar-refractivity contribution >= 4 is 5.97 Å². The fraction of sp³-hybridized carbons (Fsp3) is 0.367. The second-order valence-corrected chi connectivity index (χ2v) is 9.14. The zero-order valence-electron chi connectivity index (χ0n) is 21.0. The van der Waals surface area contributed by atoms with Gasteiger partial charge in [-0.05, 0) is 79.8 Å². The molecule has 3 aromatic carbocycles. The van der Waals surface area contributed by atoms with Crippen LogP contribution in [0.25, 0.3) is 0 Å². The van der Waals surface area contributed by atoms with E-state index < -0.39 is 18.0 Å². The Morgan fingerprint density at radius 2 is 1.49 bits per heavy atom. The number of rotatable bonds is 12. The summed E-state index contributed by atoms with van der Waals surface area (Å²) in [5.74, 6) is -0.0431. The molecular weight excluding hydrogens is 440 g/mol. The molecule has 2 N–H and O–H groups in total. The summed E-state index contributed by atoms with van der Waals surface area (Å²) in [6, 6.07) is 21.9. The van der Waals surface area contributed by atoms with Crippen molar-refractivity contribution < 1.29 is 24.5 Å². The average Bonchev–Trinajstić information content (AvgIpc) is 2.88. The Labute approximate surface area is 208 Å². The third-order valence-electron chi connectivity index (χ3n) is 6.79. The molecule has 0 saturated carbocycles. The van der Waals surface area contributed by atoms with E-state index in [2.05, 4.69) is 12.1 Å². The average molecular weight is 477 g/mol. The predicted molar refractivity (Wildman–Crippen MR) is 138 cm³/mol. The molecule has 35 heavy (non-hydrogen) atoms. The van der Waals surface area contributed by atoms with Crippen LogP contribution in [-0.4, -0.2) is 30.4 Å². The van der Waals surface area contributed by atoms with Gasteiger partial charge in [-0.3, -0.25) is 4.79 Å². The summed E-state index contributed by atoms with van der Waals surface area (Å²) in [5, 5.41) is 20.8. The number of carboxylic acids is 1. The van der Waals surface area contributed by atoms with Crippen molar-refractivity contribution in [1.82, 2.24) is 0 Å². The normalized spacial score (nSPS) is 13.6. The molecule has 0 spiro atoms.